The number of nitro groups is 1. The molecule has 1 aromatic heterocycles. The summed E-state index contributed by atoms with van der Waals surface area (Å²) >= 11 is 0. The van der Waals surface area contributed by atoms with Crippen LogP contribution in [0.5, 0.6) is 11.5 Å². The van der Waals surface area contributed by atoms with Crippen LogP contribution < -0.4 is 14.8 Å². The lowest BCUT2D eigenvalue weighted by molar-refractivity contribution is -0.384. The Bertz CT molecular complexity index is 1480. The van der Waals surface area contributed by atoms with Gasteiger partial charge in [-0.15, -0.1) is 0 Å². The lowest BCUT2D eigenvalue weighted by atomic mass is 9.63. The van der Waals surface area contributed by atoms with Crippen LogP contribution in [0.25, 0.3) is 11.0 Å². The molecule has 2 aliphatic carbocycles. The third-order valence-electron chi connectivity index (χ3n) is 8.98. The number of hydrogen-bond acceptors (Lipinski definition) is 7. The summed E-state index contributed by atoms with van der Waals surface area (Å²) < 4.78 is 10.7. The second-order valence-electron chi connectivity index (χ2n) is 10.6. The predicted octanol–water partition coefficient (Wildman–Crippen LogP) is 4.85. The Balaban J connectivity index is 1.52. The molecule has 180 valence electrons. The maximum atomic E-state index is 14.2. The van der Waals surface area contributed by atoms with Crippen molar-refractivity contribution in [3.63, 3.8) is 0 Å². The maximum absolute atomic E-state index is 14.2. The summed E-state index contributed by atoms with van der Waals surface area (Å²) in [6.07, 6.45) is 1.35. The Morgan fingerprint density at radius 2 is 1.57 bits per heavy atom. The Hall–Kier alpha value is -3.75. The van der Waals surface area contributed by atoms with E-state index in [1.807, 2.05) is 19.1 Å². The first kappa shape index (κ1) is 21.8. The summed E-state index contributed by atoms with van der Waals surface area (Å²) in [7, 11) is 0. The van der Waals surface area contributed by atoms with Gasteiger partial charge in [-0.25, -0.2) is 9.97 Å². The lowest BCUT2D eigenvalue weighted by Gasteiger charge is -2.39. The number of benzene rings is 2. The zero-order valence-electron chi connectivity index (χ0n) is 20.3. The second-order valence-corrected chi connectivity index (χ2v) is 10.6. The Kier molecular flexibility index (Phi) is 4.15. The third kappa shape index (κ3) is 2.55. The van der Waals surface area contributed by atoms with Crippen LogP contribution in [-0.4, -0.2) is 27.6 Å². The molecule has 1 saturated carbocycles. The van der Waals surface area contributed by atoms with Crippen molar-refractivity contribution in [3.8, 4) is 11.5 Å². The van der Waals surface area contributed by atoms with Crippen molar-refractivity contribution < 1.29 is 19.2 Å². The molecule has 3 aromatic rings. The smallest absolute Gasteiger partial charge is 0.296 e. The molecule has 9 nitrogen and oxygen atoms in total. The van der Waals surface area contributed by atoms with Crippen molar-refractivity contribution in [2.75, 3.05) is 12.1 Å². The van der Waals surface area contributed by atoms with Gasteiger partial charge in [0.25, 0.3) is 5.69 Å². The van der Waals surface area contributed by atoms with Crippen LogP contribution in [-0.2, 0) is 15.6 Å². The molecule has 6 rings (SSSR count). The fraction of sp³-hybridized carbons (Fsp3) is 0.423. The molecule has 35 heavy (non-hydrogen) atoms. The first-order valence-corrected chi connectivity index (χ1v) is 11.7. The molecule has 9 heteroatoms. The Morgan fingerprint density at radius 1 is 0.971 bits per heavy atom. The zero-order chi connectivity index (χ0) is 24.9. The van der Waals surface area contributed by atoms with Crippen molar-refractivity contribution in [3.05, 3.63) is 56.9 Å². The number of rotatable bonds is 3. The molecule has 1 amide bonds. The van der Waals surface area contributed by atoms with E-state index in [2.05, 4.69) is 33.0 Å². The molecule has 2 atom stereocenters. The van der Waals surface area contributed by atoms with Gasteiger partial charge in [-0.2, -0.15) is 0 Å². The van der Waals surface area contributed by atoms with Crippen LogP contribution in [0.15, 0.2) is 24.3 Å². The Morgan fingerprint density at radius 3 is 2.20 bits per heavy atom. The minimum absolute atomic E-state index is 0.0197. The highest BCUT2D eigenvalue weighted by Gasteiger charge is 2.73. The monoisotopic (exact) mass is 474 g/mol. The maximum Gasteiger partial charge on any atom is 0.296 e. The molecule has 2 unspecified atom stereocenters. The van der Waals surface area contributed by atoms with Gasteiger partial charge in [0, 0.05) is 11.5 Å². The minimum atomic E-state index is -0.985. The normalized spacial score (nSPS) is 25.1. The highest BCUT2D eigenvalue weighted by molar-refractivity contribution is 6.03. The van der Waals surface area contributed by atoms with Gasteiger partial charge in [0.05, 0.1) is 38.8 Å². The first-order valence-electron chi connectivity index (χ1n) is 11.7. The van der Waals surface area contributed by atoms with E-state index in [1.54, 1.807) is 0 Å². The van der Waals surface area contributed by atoms with Gasteiger partial charge in [-0.05, 0) is 55.4 Å². The third-order valence-corrected chi connectivity index (χ3v) is 8.98. The molecule has 3 aliphatic rings. The summed E-state index contributed by atoms with van der Waals surface area (Å²) in [6, 6.07) is 6.81. The summed E-state index contributed by atoms with van der Waals surface area (Å²) in [4.78, 5) is 35.5. The van der Waals surface area contributed by atoms with Gasteiger partial charge < -0.3 is 14.8 Å². The van der Waals surface area contributed by atoms with E-state index < -0.39 is 15.8 Å². The molecule has 0 spiro atoms. The van der Waals surface area contributed by atoms with Crippen molar-refractivity contribution in [2.45, 2.75) is 58.3 Å². The van der Waals surface area contributed by atoms with Crippen LogP contribution in [0.3, 0.4) is 0 Å². The number of fused-ring (bicyclic) bond motifs is 7. The first-order chi connectivity index (χ1) is 16.5. The van der Waals surface area contributed by atoms with Gasteiger partial charge in [0.15, 0.2) is 11.5 Å². The van der Waals surface area contributed by atoms with Crippen LogP contribution >= 0.6 is 0 Å². The number of carbonyl (C=O) groups is 1. The van der Waals surface area contributed by atoms with Crippen molar-refractivity contribution in [1.82, 2.24) is 9.97 Å². The molecule has 1 fully saturated rings. The topological polar surface area (TPSA) is 116 Å². The average Bonchev–Trinajstić information content (AvgIpc) is 3.37. The van der Waals surface area contributed by atoms with Gasteiger partial charge in [-0.1, -0.05) is 20.8 Å². The fourth-order valence-corrected chi connectivity index (χ4v) is 6.27. The van der Waals surface area contributed by atoms with Crippen LogP contribution in [0.2, 0.25) is 0 Å². The van der Waals surface area contributed by atoms with Gasteiger partial charge in [0.1, 0.15) is 5.69 Å². The molecule has 0 radical (unpaired) electrons. The van der Waals surface area contributed by atoms with Crippen LogP contribution in [0.4, 0.5) is 11.4 Å². The highest BCUT2D eigenvalue weighted by atomic mass is 16.7. The number of anilines is 1. The quantitative estimate of drug-likeness (QED) is 0.426. The van der Waals surface area contributed by atoms with E-state index in [4.69, 9.17) is 19.4 Å². The molecule has 2 heterocycles. The SMILES string of the molecule is Cc1cc2nc3c(nc2cc1C)C1(C(=O)Nc2cc4c(cc2[N+](=O)[O-])OCO4)CCC3(C)C1(C)C. The molecule has 1 aliphatic heterocycles. The number of amides is 1. The number of hydrogen-bond donors (Lipinski definition) is 1. The number of ether oxygens (including phenoxy) is 2. The highest BCUT2D eigenvalue weighted by Crippen LogP contribution is 2.70. The van der Waals surface area contributed by atoms with E-state index in [0.717, 1.165) is 34.3 Å². The fourth-order valence-electron chi connectivity index (χ4n) is 6.27. The van der Waals surface area contributed by atoms with Gasteiger partial charge in [0.2, 0.25) is 12.7 Å². The van der Waals surface area contributed by atoms with Crippen molar-refractivity contribution in [1.29, 1.82) is 0 Å². The number of carbonyl (C=O) groups excluding carboxylic acids is 1. The van der Waals surface area contributed by atoms with Crippen molar-refractivity contribution in [2.24, 2.45) is 5.41 Å². The van der Waals surface area contributed by atoms with E-state index in [-0.39, 0.29) is 35.2 Å². The van der Waals surface area contributed by atoms with Crippen LogP contribution in [0.1, 0.15) is 56.1 Å². The number of nitrogens with one attached hydrogen (secondary N) is 1. The largest absolute Gasteiger partial charge is 0.454 e. The predicted molar refractivity (Wildman–Crippen MR) is 129 cm³/mol. The van der Waals surface area contributed by atoms with E-state index >= 15 is 0 Å². The average molecular weight is 475 g/mol. The standard InChI is InChI=1S/C26H26N4O5/c1-13-8-15-16(9-14(13)2)28-22-21(27-15)25(5)6-7-26(22,24(25,3)4)23(31)29-17-10-19-20(35-12-34-19)11-18(17)30(32)33/h8-11H,6-7,12H2,1-5H3,(H,29,31). The summed E-state index contributed by atoms with van der Waals surface area (Å²) in [6.45, 7) is 10.4. The lowest BCUT2D eigenvalue weighted by Crippen LogP contribution is -2.48. The number of nitro benzene ring substituents is 1. The van der Waals surface area contributed by atoms with Crippen molar-refractivity contribution >= 4 is 28.3 Å². The number of nitrogens with zero attached hydrogens (tertiary/aromatic N) is 3. The summed E-state index contributed by atoms with van der Waals surface area (Å²) in [5.74, 6) is 0.336. The second kappa shape index (κ2) is 6.68. The molecular weight excluding hydrogens is 448 g/mol. The Labute approximate surface area is 202 Å². The summed E-state index contributed by atoms with van der Waals surface area (Å²) in [5, 5.41) is 14.7. The van der Waals surface area contributed by atoms with Gasteiger partial charge in [-0.3, -0.25) is 14.9 Å². The zero-order valence-corrected chi connectivity index (χ0v) is 20.3. The van der Waals surface area contributed by atoms with E-state index in [9.17, 15) is 14.9 Å². The van der Waals surface area contributed by atoms with E-state index in [1.165, 1.54) is 12.1 Å². The summed E-state index contributed by atoms with van der Waals surface area (Å²) in [5.41, 5.74) is 3.31. The molecule has 0 saturated heterocycles. The molecule has 2 bridgehead atoms. The molecule has 1 N–H and O–H groups in total. The van der Waals surface area contributed by atoms with E-state index in [0.29, 0.717) is 17.9 Å². The number of aryl methyl sites for hydroxylation is 2. The van der Waals surface area contributed by atoms with Gasteiger partial charge >= 0.3 is 0 Å². The molecular formula is C26H26N4O5. The van der Waals surface area contributed by atoms with Crippen LogP contribution in [0, 0.1) is 29.4 Å². The minimum Gasteiger partial charge on any atom is -0.454 e. The molecule has 2 aromatic carbocycles. The number of aromatic nitrogens is 2.